The second kappa shape index (κ2) is 14.7. The van der Waals surface area contributed by atoms with Crippen LogP contribution in [-0.2, 0) is 20.9 Å². The van der Waals surface area contributed by atoms with Gasteiger partial charge in [-0.05, 0) is 47.7 Å². The average Bonchev–Trinajstić information content (AvgIpc) is 3.61. The molecule has 1 aliphatic rings. The van der Waals surface area contributed by atoms with Gasteiger partial charge in [-0.1, -0.05) is 45.0 Å². The summed E-state index contributed by atoms with van der Waals surface area (Å²) >= 11 is 1.58. The lowest BCUT2D eigenvalue weighted by Crippen LogP contribution is -2.58. The number of benzene rings is 2. The number of nitrogens with two attached hydrogens (primary N) is 1. The van der Waals surface area contributed by atoms with Crippen molar-refractivity contribution < 1.29 is 29.0 Å². The van der Waals surface area contributed by atoms with Gasteiger partial charge in [-0.15, -0.1) is 11.3 Å². The number of ether oxygens (including phenoxy) is 2. The highest BCUT2D eigenvalue weighted by molar-refractivity contribution is 7.13. The Hall–Kier alpha value is -4.00. The van der Waals surface area contributed by atoms with E-state index in [4.69, 9.17) is 15.2 Å². The summed E-state index contributed by atoms with van der Waals surface area (Å²) in [6.45, 7) is 8.20. The fourth-order valence-electron chi connectivity index (χ4n) is 4.94. The molecule has 0 saturated carbocycles. The van der Waals surface area contributed by atoms with Gasteiger partial charge in [-0.2, -0.15) is 0 Å². The Morgan fingerprint density at radius 2 is 1.75 bits per heavy atom. The molecule has 3 aromatic rings. The predicted molar refractivity (Wildman–Crippen MR) is 168 cm³/mol. The summed E-state index contributed by atoms with van der Waals surface area (Å²) in [7, 11) is 0. The van der Waals surface area contributed by atoms with Crippen LogP contribution >= 0.6 is 11.3 Å². The van der Waals surface area contributed by atoms with Crippen LogP contribution in [-0.4, -0.2) is 77.2 Å². The van der Waals surface area contributed by atoms with E-state index in [0.29, 0.717) is 24.7 Å². The van der Waals surface area contributed by atoms with Gasteiger partial charge >= 0.3 is 0 Å². The van der Waals surface area contributed by atoms with Crippen LogP contribution in [0.15, 0.2) is 54.0 Å². The molecule has 1 aromatic heterocycles. The van der Waals surface area contributed by atoms with Crippen molar-refractivity contribution in [3.05, 3.63) is 65.3 Å². The molecule has 2 unspecified atom stereocenters. The molecule has 2 aromatic carbocycles. The fourth-order valence-corrected chi connectivity index (χ4v) is 5.75. The van der Waals surface area contributed by atoms with Gasteiger partial charge < -0.3 is 35.8 Å². The number of likely N-dealkylation sites (tertiary alicyclic amines) is 1. The molecule has 4 rings (SSSR count). The highest BCUT2D eigenvalue weighted by atomic mass is 32.1. The molecule has 44 heavy (non-hydrogen) atoms. The summed E-state index contributed by atoms with van der Waals surface area (Å²) in [6, 6.07) is 12.8. The van der Waals surface area contributed by atoms with E-state index in [-0.39, 0.29) is 32.0 Å². The van der Waals surface area contributed by atoms with E-state index in [1.807, 2.05) is 57.5 Å². The van der Waals surface area contributed by atoms with Crippen LogP contribution in [0.2, 0.25) is 0 Å². The van der Waals surface area contributed by atoms with Crippen molar-refractivity contribution in [2.24, 2.45) is 11.1 Å². The molecule has 1 aliphatic heterocycles. The lowest BCUT2D eigenvalue weighted by Gasteiger charge is -2.35. The lowest BCUT2D eigenvalue weighted by atomic mass is 9.85. The summed E-state index contributed by atoms with van der Waals surface area (Å²) in [5.41, 5.74) is 9.51. The van der Waals surface area contributed by atoms with Gasteiger partial charge in [-0.25, -0.2) is 4.98 Å². The number of nitrogens with one attached hydrogen (secondary N) is 2. The zero-order valence-electron chi connectivity index (χ0n) is 25.5. The third kappa shape index (κ3) is 8.55. The monoisotopic (exact) mass is 623 g/mol. The van der Waals surface area contributed by atoms with Crippen LogP contribution in [0.1, 0.15) is 38.4 Å². The first kappa shape index (κ1) is 32.9. The molecule has 0 radical (unpaired) electrons. The number of nitrogens with zero attached hydrogens (tertiary/aromatic N) is 2. The van der Waals surface area contributed by atoms with E-state index < -0.39 is 35.4 Å². The second-order valence-corrected chi connectivity index (χ2v) is 12.7. The Kier molecular flexibility index (Phi) is 11.0. The summed E-state index contributed by atoms with van der Waals surface area (Å²) in [6.07, 6.45) is -0.742. The molecule has 0 spiro atoms. The number of aromatic nitrogens is 1. The van der Waals surface area contributed by atoms with Crippen molar-refractivity contribution in [3.8, 4) is 21.9 Å². The Morgan fingerprint density at radius 1 is 1.09 bits per heavy atom. The molecular weight excluding hydrogens is 582 g/mol. The fraction of sp³-hybridized carbons (Fsp3) is 0.438. The molecule has 0 bridgehead atoms. The molecule has 3 amide bonds. The van der Waals surface area contributed by atoms with Crippen molar-refractivity contribution in [1.82, 2.24) is 20.5 Å². The summed E-state index contributed by atoms with van der Waals surface area (Å²) in [5, 5.41) is 16.1. The Balaban J connectivity index is 1.35. The van der Waals surface area contributed by atoms with Crippen LogP contribution in [0.5, 0.6) is 11.5 Å². The molecule has 236 valence electrons. The quantitative estimate of drug-likeness (QED) is 0.240. The number of β-amino-alcohol motifs (C(OH)–C–C–N with tert-alkyl or cyclic N) is 1. The first-order valence-electron chi connectivity index (χ1n) is 14.6. The SMILES string of the molecule is Cc1ncsc1-c1ccc(CNC(=O)C2CC(O)CN2C(=O)[C@@H](NC(=O)COc2ccc(OCCN)cc2)C(C)(C)C)cc1. The van der Waals surface area contributed by atoms with E-state index in [2.05, 4.69) is 15.6 Å². The number of aryl methyl sites for hydroxylation is 1. The van der Waals surface area contributed by atoms with Crippen LogP contribution < -0.4 is 25.8 Å². The van der Waals surface area contributed by atoms with Crippen LogP contribution in [0.3, 0.4) is 0 Å². The number of rotatable bonds is 12. The standard InChI is InChI=1S/C32H41N5O6S/c1-20-28(44-19-35-20)22-7-5-21(6-8-22)16-34-30(40)26-15-23(38)17-37(26)31(41)29(32(2,3)4)36-27(39)18-43-25-11-9-24(10-12-25)42-14-13-33/h5-12,19,23,26,29,38H,13-18,33H2,1-4H3,(H,34,40)(H,36,39)/t23?,26?,29-/m1/s1. The number of hydrogen-bond donors (Lipinski definition) is 4. The molecule has 1 saturated heterocycles. The van der Waals surface area contributed by atoms with Gasteiger partial charge in [0.2, 0.25) is 11.8 Å². The topological polar surface area (TPSA) is 156 Å². The molecule has 5 N–H and O–H groups in total. The van der Waals surface area contributed by atoms with Crippen LogP contribution in [0.25, 0.3) is 10.4 Å². The Labute approximate surface area is 261 Å². The maximum atomic E-state index is 13.8. The van der Waals surface area contributed by atoms with Gasteiger partial charge in [0, 0.05) is 26.1 Å². The number of amides is 3. The minimum absolute atomic E-state index is 0.00264. The van der Waals surface area contributed by atoms with E-state index in [9.17, 15) is 19.5 Å². The summed E-state index contributed by atoms with van der Waals surface area (Å²) in [5.74, 6) is -0.185. The third-order valence-electron chi connectivity index (χ3n) is 7.29. The van der Waals surface area contributed by atoms with Gasteiger partial charge in [0.25, 0.3) is 5.91 Å². The number of aliphatic hydroxyl groups excluding tert-OH is 1. The van der Waals surface area contributed by atoms with Gasteiger partial charge in [0.05, 0.1) is 22.2 Å². The zero-order chi connectivity index (χ0) is 31.9. The Morgan fingerprint density at radius 3 is 2.34 bits per heavy atom. The summed E-state index contributed by atoms with van der Waals surface area (Å²) < 4.78 is 11.0. The smallest absolute Gasteiger partial charge is 0.258 e. The summed E-state index contributed by atoms with van der Waals surface area (Å²) in [4.78, 5) is 46.7. The number of thiazole rings is 1. The van der Waals surface area contributed by atoms with Gasteiger partial charge in [0.1, 0.15) is 30.2 Å². The van der Waals surface area contributed by atoms with Crippen molar-refractivity contribution in [2.45, 2.75) is 58.8 Å². The van der Waals surface area contributed by atoms with Crippen molar-refractivity contribution in [2.75, 3.05) is 26.3 Å². The first-order valence-corrected chi connectivity index (χ1v) is 15.4. The van der Waals surface area contributed by atoms with Gasteiger partial charge in [-0.3, -0.25) is 14.4 Å². The van der Waals surface area contributed by atoms with E-state index in [1.165, 1.54) is 4.90 Å². The highest BCUT2D eigenvalue weighted by Crippen LogP contribution is 2.28. The first-order chi connectivity index (χ1) is 21.0. The molecule has 2 heterocycles. The molecule has 11 nitrogen and oxygen atoms in total. The van der Waals surface area contributed by atoms with Crippen LogP contribution in [0, 0.1) is 12.3 Å². The maximum Gasteiger partial charge on any atom is 0.258 e. The van der Waals surface area contributed by atoms with E-state index in [1.54, 1.807) is 35.6 Å². The molecule has 3 atom stereocenters. The van der Waals surface area contributed by atoms with E-state index in [0.717, 1.165) is 21.7 Å². The maximum absolute atomic E-state index is 13.8. The van der Waals surface area contributed by atoms with Crippen LogP contribution in [0.4, 0.5) is 0 Å². The average molecular weight is 624 g/mol. The zero-order valence-corrected chi connectivity index (χ0v) is 26.4. The van der Waals surface area contributed by atoms with E-state index >= 15 is 0 Å². The molecule has 1 fully saturated rings. The molecule has 12 heteroatoms. The highest BCUT2D eigenvalue weighted by Gasteiger charge is 2.44. The minimum Gasteiger partial charge on any atom is -0.492 e. The number of hydrogen-bond acceptors (Lipinski definition) is 9. The molecule has 0 aliphatic carbocycles. The third-order valence-corrected chi connectivity index (χ3v) is 8.27. The second-order valence-electron chi connectivity index (χ2n) is 11.8. The van der Waals surface area contributed by atoms with Crippen molar-refractivity contribution >= 4 is 29.1 Å². The molecular formula is C32H41N5O6S. The van der Waals surface area contributed by atoms with Gasteiger partial charge in [0.15, 0.2) is 6.61 Å². The number of aliphatic hydroxyl groups is 1. The minimum atomic E-state index is -0.950. The lowest BCUT2D eigenvalue weighted by molar-refractivity contribution is -0.144. The normalized spacial score (nSPS) is 17.2. The van der Waals surface area contributed by atoms with Crippen molar-refractivity contribution in [3.63, 3.8) is 0 Å². The van der Waals surface area contributed by atoms with Crippen molar-refractivity contribution in [1.29, 1.82) is 0 Å². The number of carbonyl (C=O) groups is 3. The largest absolute Gasteiger partial charge is 0.492 e. The number of carbonyl (C=O) groups excluding carboxylic acids is 3. The predicted octanol–water partition coefficient (Wildman–Crippen LogP) is 2.64. The Bertz CT molecular complexity index is 1420.